The lowest BCUT2D eigenvalue weighted by Crippen LogP contribution is -2.27. The van der Waals surface area contributed by atoms with E-state index < -0.39 is 5.97 Å². The van der Waals surface area contributed by atoms with Gasteiger partial charge in [-0.1, -0.05) is 57.2 Å². The number of amides is 2. The van der Waals surface area contributed by atoms with E-state index in [-0.39, 0.29) is 29.2 Å². The molecule has 50 heavy (non-hydrogen) atoms. The summed E-state index contributed by atoms with van der Waals surface area (Å²) in [6, 6.07) is 26.7. The standard InChI is InChI=1S/C41H37N3O5S/c1-23(2)21-43-39(45)26-10-11-28(32(18-26)41(47)48-4)30-20-36-33(38-27(22-49-36)15-17-50-38)19-31(30)40(46)44-35-13-12-34-29(14-16-42-34)37(35)24(3)25-8-6-5-7-9-25/h5-20,23-24,42H,21-22H2,1-4H3,(H,43,45)(H,44,46). The highest BCUT2D eigenvalue weighted by Crippen LogP contribution is 2.45. The number of hydrogen-bond donors (Lipinski definition) is 3. The van der Waals surface area contributed by atoms with Crippen molar-refractivity contribution in [3.8, 4) is 27.3 Å². The Labute approximate surface area is 294 Å². The molecule has 0 radical (unpaired) electrons. The number of methoxy groups -OCH3 is 1. The van der Waals surface area contributed by atoms with Gasteiger partial charge in [0.2, 0.25) is 0 Å². The normalized spacial score (nSPS) is 12.5. The van der Waals surface area contributed by atoms with Crippen molar-refractivity contribution in [3.05, 3.63) is 130 Å². The highest BCUT2D eigenvalue weighted by atomic mass is 32.1. The van der Waals surface area contributed by atoms with Crippen LogP contribution in [-0.4, -0.2) is 36.4 Å². The van der Waals surface area contributed by atoms with Crippen molar-refractivity contribution in [2.45, 2.75) is 33.3 Å². The molecule has 0 bridgehead atoms. The summed E-state index contributed by atoms with van der Waals surface area (Å²) in [7, 11) is 1.30. The molecular weight excluding hydrogens is 647 g/mol. The third-order valence-electron chi connectivity index (χ3n) is 9.14. The summed E-state index contributed by atoms with van der Waals surface area (Å²) < 4.78 is 11.4. The van der Waals surface area contributed by atoms with Gasteiger partial charge in [0.05, 0.1) is 12.7 Å². The topological polar surface area (TPSA) is 110 Å². The minimum atomic E-state index is -0.624. The Kier molecular flexibility index (Phi) is 8.99. The fourth-order valence-corrected chi connectivity index (χ4v) is 7.49. The van der Waals surface area contributed by atoms with Crippen molar-refractivity contribution >= 4 is 45.7 Å². The minimum Gasteiger partial charge on any atom is -0.488 e. The lowest BCUT2D eigenvalue weighted by molar-refractivity contribution is 0.0601. The van der Waals surface area contributed by atoms with E-state index in [1.165, 1.54) is 13.2 Å². The van der Waals surface area contributed by atoms with Gasteiger partial charge in [-0.15, -0.1) is 11.3 Å². The van der Waals surface area contributed by atoms with Crippen molar-refractivity contribution in [1.29, 1.82) is 0 Å². The van der Waals surface area contributed by atoms with E-state index in [4.69, 9.17) is 9.47 Å². The van der Waals surface area contributed by atoms with E-state index in [1.807, 2.05) is 80.0 Å². The summed E-state index contributed by atoms with van der Waals surface area (Å²) in [5, 5.41) is 9.18. The van der Waals surface area contributed by atoms with Gasteiger partial charge < -0.3 is 25.1 Å². The van der Waals surface area contributed by atoms with Gasteiger partial charge in [-0.05, 0) is 82.1 Å². The molecule has 1 aliphatic heterocycles. The van der Waals surface area contributed by atoms with Crippen molar-refractivity contribution in [2.24, 2.45) is 5.92 Å². The predicted molar refractivity (Wildman–Crippen MR) is 198 cm³/mol. The first kappa shape index (κ1) is 32.9. The average molecular weight is 684 g/mol. The molecule has 252 valence electrons. The average Bonchev–Trinajstić information content (AvgIpc) is 3.83. The van der Waals surface area contributed by atoms with Gasteiger partial charge in [0.15, 0.2) is 0 Å². The number of aromatic amines is 1. The number of benzene rings is 4. The van der Waals surface area contributed by atoms with E-state index in [1.54, 1.807) is 23.5 Å². The first-order valence-electron chi connectivity index (χ1n) is 16.6. The highest BCUT2D eigenvalue weighted by molar-refractivity contribution is 7.13. The number of nitrogens with one attached hydrogen (secondary N) is 3. The Balaban J connectivity index is 1.37. The number of aromatic nitrogens is 1. The molecule has 1 aliphatic rings. The Morgan fingerprint density at radius 2 is 1.70 bits per heavy atom. The second kappa shape index (κ2) is 13.7. The highest BCUT2D eigenvalue weighted by Gasteiger charge is 2.28. The van der Waals surface area contributed by atoms with Gasteiger partial charge in [0.25, 0.3) is 11.8 Å². The van der Waals surface area contributed by atoms with Crippen molar-refractivity contribution in [3.63, 3.8) is 0 Å². The maximum absolute atomic E-state index is 14.7. The summed E-state index contributed by atoms with van der Waals surface area (Å²) >= 11 is 1.59. The largest absolute Gasteiger partial charge is 0.488 e. The molecule has 7 rings (SSSR count). The first-order valence-corrected chi connectivity index (χ1v) is 17.5. The SMILES string of the molecule is COC(=O)c1cc(C(=O)NCC(C)C)ccc1-c1cc2c(cc1C(=O)Nc1ccc3[nH]ccc3c1C(C)c1ccccc1)-c1sccc1CO2. The van der Waals surface area contributed by atoms with Crippen molar-refractivity contribution in [1.82, 2.24) is 10.3 Å². The van der Waals surface area contributed by atoms with E-state index >= 15 is 0 Å². The number of esters is 1. The zero-order valence-electron chi connectivity index (χ0n) is 28.3. The lowest BCUT2D eigenvalue weighted by atomic mass is 9.88. The third kappa shape index (κ3) is 6.16. The molecule has 1 unspecified atom stereocenters. The first-order chi connectivity index (χ1) is 24.2. The Morgan fingerprint density at radius 3 is 2.48 bits per heavy atom. The number of fused-ring (bicyclic) bond motifs is 4. The molecule has 3 N–H and O–H groups in total. The Bertz CT molecular complexity index is 2250. The maximum atomic E-state index is 14.7. The van der Waals surface area contributed by atoms with Gasteiger partial charge >= 0.3 is 5.97 Å². The van der Waals surface area contributed by atoms with Gasteiger partial charge in [0, 0.05) is 62.4 Å². The van der Waals surface area contributed by atoms with Crippen LogP contribution in [0.3, 0.4) is 0 Å². The molecule has 8 nitrogen and oxygen atoms in total. The van der Waals surface area contributed by atoms with Gasteiger partial charge in [-0.3, -0.25) is 9.59 Å². The monoisotopic (exact) mass is 683 g/mol. The molecule has 0 saturated heterocycles. The summed E-state index contributed by atoms with van der Waals surface area (Å²) in [6.07, 6.45) is 1.90. The van der Waals surface area contributed by atoms with Gasteiger partial charge in [-0.2, -0.15) is 0 Å². The molecule has 9 heteroatoms. The molecule has 6 aromatic rings. The molecule has 2 amide bonds. The number of ether oxygens (including phenoxy) is 2. The summed E-state index contributed by atoms with van der Waals surface area (Å²) in [5.41, 5.74) is 7.37. The minimum absolute atomic E-state index is 0.0311. The number of thiophene rings is 1. The maximum Gasteiger partial charge on any atom is 0.338 e. The van der Waals surface area contributed by atoms with Crippen LogP contribution < -0.4 is 15.4 Å². The van der Waals surface area contributed by atoms with E-state index in [0.717, 1.165) is 38.0 Å². The smallest absolute Gasteiger partial charge is 0.338 e. The van der Waals surface area contributed by atoms with Gasteiger partial charge in [0.1, 0.15) is 12.4 Å². The Hall–Kier alpha value is -5.67. The Morgan fingerprint density at radius 1 is 0.880 bits per heavy atom. The zero-order valence-corrected chi connectivity index (χ0v) is 29.1. The van der Waals surface area contributed by atoms with Crippen LogP contribution in [0.2, 0.25) is 0 Å². The quantitative estimate of drug-likeness (QED) is 0.132. The molecule has 2 aromatic heterocycles. The van der Waals surface area contributed by atoms with Crippen LogP contribution in [0.15, 0.2) is 96.5 Å². The summed E-state index contributed by atoms with van der Waals surface area (Å²) in [5.74, 6) is -0.441. The molecule has 4 aromatic carbocycles. The van der Waals surface area contributed by atoms with Crippen LogP contribution >= 0.6 is 11.3 Å². The molecule has 1 atom stereocenters. The van der Waals surface area contributed by atoms with Gasteiger partial charge in [-0.25, -0.2) is 4.79 Å². The molecule has 3 heterocycles. The molecule has 0 spiro atoms. The van der Waals surface area contributed by atoms with Crippen molar-refractivity contribution < 1.29 is 23.9 Å². The molecular formula is C41H37N3O5S. The third-order valence-corrected chi connectivity index (χ3v) is 10.1. The number of hydrogen-bond acceptors (Lipinski definition) is 6. The molecule has 0 fully saturated rings. The van der Waals surface area contributed by atoms with E-state index in [0.29, 0.717) is 46.8 Å². The second-order valence-electron chi connectivity index (χ2n) is 12.9. The van der Waals surface area contributed by atoms with Crippen LogP contribution in [0.1, 0.15) is 74.5 Å². The van der Waals surface area contributed by atoms with Crippen LogP contribution in [0.4, 0.5) is 5.69 Å². The molecule has 0 aliphatic carbocycles. The molecule has 0 saturated carbocycles. The van der Waals surface area contributed by atoms with Crippen LogP contribution in [-0.2, 0) is 11.3 Å². The van der Waals surface area contributed by atoms with E-state index in [9.17, 15) is 14.4 Å². The van der Waals surface area contributed by atoms with Crippen LogP contribution in [0.5, 0.6) is 5.75 Å². The summed E-state index contributed by atoms with van der Waals surface area (Å²) in [6.45, 7) is 7.04. The fourth-order valence-electron chi connectivity index (χ4n) is 6.56. The van der Waals surface area contributed by atoms with Crippen LogP contribution in [0, 0.1) is 5.92 Å². The number of rotatable bonds is 9. The van der Waals surface area contributed by atoms with E-state index in [2.05, 4.69) is 34.7 Å². The number of H-pyrrole nitrogens is 1. The number of anilines is 1. The number of carbonyl (C=O) groups is 3. The predicted octanol–water partition coefficient (Wildman–Crippen LogP) is 9.03. The van der Waals surface area contributed by atoms with Crippen LogP contribution in [0.25, 0.3) is 32.5 Å². The van der Waals surface area contributed by atoms with Crippen molar-refractivity contribution in [2.75, 3.05) is 19.0 Å². The lowest BCUT2D eigenvalue weighted by Gasteiger charge is -2.23. The second-order valence-corrected chi connectivity index (χ2v) is 13.8. The number of carbonyl (C=O) groups excluding carboxylic acids is 3. The summed E-state index contributed by atoms with van der Waals surface area (Å²) in [4.78, 5) is 45.3. The fraction of sp³-hybridized carbons (Fsp3) is 0.195. The zero-order chi connectivity index (χ0) is 34.9.